The molecule has 374 valence electrons. The number of rotatable bonds is 50. The zero-order valence-corrected chi connectivity index (χ0v) is 43.5. The second kappa shape index (κ2) is 43.3. The average Bonchev–Trinajstić information content (AvgIpc) is 3.24. The topological polar surface area (TPSA) is 73.8 Å². The van der Waals surface area contributed by atoms with E-state index in [1.165, 1.54) is 103 Å². The quantitative estimate of drug-likeness (QED) is 0.0442. The molecule has 62 heavy (non-hydrogen) atoms. The van der Waals surface area contributed by atoms with Crippen LogP contribution in [-0.2, 0) is 37.9 Å². The summed E-state index contributed by atoms with van der Waals surface area (Å²) < 4.78 is 52.9. The molecule has 0 aromatic heterocycles. The largest absolute Gasteiger partial charge is 0.414 e. The summed E-state index contributed by atoms with van der Waals surface area (Å²) in [5, 5.41) is 0. The Morgan fingerprint density at radius 3 is 1.10 bits per heavy atom. The van der Waals surface area contributed by atoms with Gasteiger partial charge in [0, 0.05) is 6.42 Å². The predicted molar refractivity (Wildman–Crippen MR) is 263 cm³/mol. The molecule has 0 radical (unpaired) electrons. The highest BCUT2D eigenvalue weighted by atomic mass is 17.0. The van der Waals surface area contributed by atoms with E-state index in [1.807, 2.05) is 0 Å². The van der Waals surface area contributed by atoms with E-state index in [0.717, 1.165) is 116 Å². The number of ether oxygens (including phenoxy) is 8. The van der Waals surface area contributed by atoms with E-state index < -0.39 is 18.4 Å². The third kappa shape index (κ3) is 37.9. The lowest BCUT2D eigenvalue weighted by molar-refractivity contribution is -0.524. The smallest absolute Gasteiger partial charge is 0.349 e. The fourth-order valence-corrected chi connectivity index (χ4v) is 7.60. The Hall–Kier alpha value is -0.320. The number of unbranched alkanes of at least 4 members (excludes halogenated alkanes) is 25. The van der Waals surface area contributed by atoms with Crippen molar-refractivity contribution in [3.8, 4) is 0 Å². The first kappa shape index (κ1) is 61.7. The predicted octanol–water partition coefficient (Wildman–Crippen LogP) is 17.3. The van der Waals surface area contributed by atoms with E-state index in [4.69, 9.17) is 37.9 Å². The second-order valence-corrected chi connectivity index (χ2v) is 19.3. The van der Waals surface area contributed by atoms with Gasteiger partial charge in [-0.1, -0.05) is 196 Å². The van der Waals surface area contributed by atoms with Gasteiger partial charge in [0.1, 0.15) is 0 Å². The minimum absolute atomic E-state index is 0.0575. The number of hydrogen-bond donors (Lipinski definition) is 0. The lowest BCUT2D eigenvalue weighted by atomic mass is 10.1. The minimum Gasteiger partial charge on any atom is -0.349 e. The summed E-state index contributed by atoms with van der Waals surface area (Å²) >= 11 is 0. The van der Waals surface area contributed by atoms with E-state index in [1.54, 1.807) is 0 Å². The lowest BCUT2D eigenvalue weighted by Crippen LogP contribution is -2.47. The first-order valence-electron chi connectivity index (χ1n) is 27.3. The van der Waals surface area contributed by atoms with Gasteiger partial charge in [0.2, 0.25) is 0 Å². The molecule has 0 fully saturated rings. The standard InChI is InChI=1S/C54H110O8/c1-11-17-22-26-30-35-42-49-59-54(57-47-40-33-24-19-13-3,58-48-41-34-27-23-18-12-2)61-51(60-50(7)16-6)43-36-31-28-29-32-37-44-53(62-52(8,9)10,55-45-38-21-15-5)56-46-39-25-20-14-4/h50-51H,11-49H2,1-10H3. The monoisotopic (exact) mass is 887 g/mol. The summed E-state index contributed by atoms with van der Waals surface area (Å²) in [5.74, 6) is -0.978. The molecule has 0 saturated heterocycles. The molecule has 4 atom stereocenters. The molecule has 0 aliphatic rings. The van der Waals surface area contributed by atoms with Crippen LogP contribution < -0.4 is 0 Å². The van der Waals surface area contributed by atoms with Gasteiger partial charge in [-0.2, -0.15) is 0 Å². The van der Waals surface area contributed by atoms with Crippen LogP contribution in [0.25, 0.3) is 0 Å². The highest BCUT2D eigenvalue weighted by molar-refractivity contribution is 4.69. The fourth-order valence-electron chi connectivity index (χ4n) is 7.60. The Kier molecular flexibility index (Phi) is 43.0. The van der Waals surface area contributed by atoms with Crippen LogP contribution >= 0.6 is 0 Å². The maximum atomic E-state index is 6.84. The van der Waals surface area contributed by atoms with Crippen molar-refractivity contribution in [2.75, 3.05) is 33.0 Å². The molecular weight excluding hydrogens is 777 g/mol. The Balaban J connectivity index is 5.69. The molecule has 0 aromatic carbocycles. The van der Waals surface area contributed by atoms with Gasteiger partial charge in [-0.3, -0.25) is 4.74 Å². The molecule has 0 aliphatic heterocycles. The Morgan fingerprint density at radius 2 is 0.694 bits per heavy atom. The summed E-state index contributed by atoms with van der Waals surface area (Å²) in [5.41, 5.74) is -0.362. The van der Waals surface area contributed by atoms with E-state index in [9.17, 15) is 0 Å². The summed E-state index contributed by atoms with van der Waals surface area (Å²) in [7, 11) is 0. The van der Waals surface area contributed by atoms with Gasteiger partial charge in [0.25, 0.3) is 5.97 Å². The van der Waals surface area contributed by atoms with Crippen LogP contribution in [0.15, 0.2) is 0 Å². The van der Waals surface area contributed by atoms with Crippen LogP contribution in [0.2, 0.25) is 0 Å². The highest BCUT2D eigenvalue weighted by Crippen LogP contribution is 2.31. The van der Waals surface area contributed by atoms with E-state index in [-0.39, 0.29) is 11.7 Å². The first-order chi connectivity index (χ1) is 30.0. The van der Waals surface area contributed by atoms with Gasteiger partial charge in [-0.15, -0.1) is 0 Å². The maximum Gasteiger partial charge on any atom is 0.414 e. The fraction of sp³-hybridized carbons (Fsp3) is 1.00. The molecule has 0 aromatic rings. The molecule has 8 heteroatoms. The molecular formula is C54H110O8. The molecule has 0 spiro atoms. The summed E-state index contributed by atoms with van der Waals surface area (Å²) in [6.07, 6.45) is 36.5. The first-order valence-corrected chi connectivity index (χ1v) is 27.3. The maximum absolute atomic E-state index is 6.84. The van der Waals surface area contributed by atoms with Crippen molar-refractivity contribution in [1.29, 1.82) is 0 Å². The zero-order valence-electron chi connectivity index (χ0n) is 43.5. The zero-order chi connectivity index (χ0) is 45.9. The van der Waals surface area contributed by atoms with E-state index in [0.29, 0.717) is 33.0 Å². The molecule has 0 amide bonds. The van der Waals surface area contributed by atoms with Crippen LogP contribution in [0.5, 0.6) is 0 Å². The van der Waals surface area contributed by atoms with Gasteiger partial charge < -0.3 is 33.2 Å². The summed E-state index contributed by atoms with van der Waals surface area (Å²) in [4.78, 5) is 0. The Morgan fingerprint density at radius 1 is 0.371 bits per heavy atom. The van der Waals surface area contributed by atoms with E-state index in [2.05, 4.69) is 69.2 Å². The van der Waals surface area contributed by atoms with Gasteiger partial charge in [0.05, 0.1) is 44.7 Å². The van der Waals surface area contributed by atoms with Crippen molar-refractivity contribution in [3.63, 3.8) is 0 Å². The summed E-state index contributed by atoms with van der Waals surface area (Å²) in [6.45, 7) is 24.9. The van der Waals surface area contributed by atoms with Crippen molar-refractivity contribution in [2.45, 2.75) is 318 Å². The van der Waals surface area contributed by atoms with E-state index >= 15 is 0 Å². The molecule has 0 aliphatic carbocycles. The molecule has 0 N–H and O–H groups in total. The van der Waals surface area contributed by atoms with Crippen LogP contribution in [0, 0.1) is 0 Å². The van der Waals surface area contributed by atoms with Gasteiger partial charge in [0.15, 0.2) is 6.29 Å². The third-order valence-electron chi connectivity index (χ3n) is 11.6. The van der Waals surface area contributed by atoms with Crippen molar-refractivity contribution in [2.24, 2.45) is 0 Å². The third-order valence-corrected chi connectivity index (χ3v) is 11.6. The summed E-state index contributed by atoms with van der Waals surface area (Å²) in [6, 6.07) is 0. The van der Waals surface area contributed by atoms with Crippen LogP contribution in [-0.4, -0.2) is 63.2 Å². The molecule has 0 heterocycles. The SMILES string of the molecule is CCCCCCCCCOC(OCCCCCCC)(OCCCCCCCC)OC(CCCCCCCCC(OCCCCC)(OCCCCCC)OC(C)(C)C)OC(C)CC. The Labute approximate surface area is 387 Å². The molecule has 0 saturated carbocycles. The van der Waals surface area contributed by atoms with Crippen molar-refractivity contribution >= 4 is 0 Å². The molecule has 0 rings (SSSR count). The van der Waals surface area contributed by atoms with Crippen molar-refractivity contribution in [1.82, 2.24) is 0 Å². The second-order valence-electron chi connectivity index (χ2n) is 19.3. The van der Waals surface area contributed by atoms with Crippen molar-refractivity contribution < 1.29 is 37.9 Å². The highest BCUT2D eigenvalue weighted by Gasteiger charge is 2.40. The van der Waals surface area contributed by atoms with Crippen LogP contribution in [0.4, 0.5) is 0 Å². The van der Waals surface area contributed by atoms with Gasteiger partial charge >= 0.3 is 6.16 Å². The average molecular weight is 887 g/mol. The van der Waals surface area contributed by atoms with Crippen LogP contribution in [0.1, 0.15) is 288 Å². The van der Waals surface area contributed by atoms with Gasteiger partial charge in [-0.05, 0) is 85.5 Å². The molecule has 0 bridgehead atoms. The van der Waals surface area contributed by atoms with Gasteiger partial charge in [-0.25, -0.2) is 0 Å². The molecule has 4 unspecified atom stereocenters. The Bertz CT molecular complexity index is 898. The van der Waals surface area contributed by atoms with Crippen LogP contribution in [0.3, 0.4) is 0 Å². The number of hydrogen-bond acceptors (Lipinski definition) is 8. The molecule has 8 nitrogen and oxygen atoms in total. The minimum atomic E-state index is -1.55. The normalized spacial score (nSPS) is 15.2. The lowest BCUT2D eigenvalue weighted by Gasteiger charge is -2.39. The van der Waals surface area contributed by atoms with Crippen molar-refractivity contribution in [3.05, 3.63) is 0 Å².